The predicted octanol–water partition coefficient (Wildman–Crippen LogP) is 3.64. The van der Waals surface area contributed by atoms with Crippen LogP contribution in [0.4, 0.5) is 0 Å². The van der Waals surface area contributed by atoms with Gasteiger partial charge in [-0.15, -0.1) is 0 Å². The van der Waals surface area contributed by atoms with E-state index in [2.05, 4.69) is 36.2 Å². The summed E-state index contributed by atoms with van der Waals surface area (Å²) >= 11 is 0. The number of nitrogens with zero attached hydrogens (tertiary/aromatic N) is 2. The van der Waals surface area contributed by atoms with Crippen LogP contribution in [-0.2, 0) is 0 Å². The first-order valence-corrected chi connectivity index (χ1v) is 9.41. The molecule has 1 heterocycles. The van der Waals surface area contributed by atoms with Gasteiger partial charge in [-0.05, 0) is 30.7 Å². The van der Waals surface area contributed by atoms with Gasteiger partial charge in [0.2, 0.25) is 0 Å². The van der Waals surface area contributed by atoms with E-state index in [4.69, 9.17) is 20.4 Å². The van der Waals surface area contributed by atoms with Crippen molar-refractivity contribution >= 4 is 11.9 Å². The average Bonchev–Trinajstić information content (AvgIpc) is 3.13. The minimum atomic E-state index is -1.11. The highest BCUT2D eigenvalue weighted by Gasteiger charge is 2.07. The van der Waals surface area contributed by atoms with Gasteiger partial charge in [0.15, 0.2) is 0 Å². The van der Waals surface area contributed by atoms with Gasteiger partial charge in [0, 0.05) is 26.0 Å². The van der Waals surface area contributed by atoms with Crippen molar-refractivity contribution in [3.05, 3.63) is 72.1 Å². The Morgan fingerprint density at radius 2 is 1.33 bits per heavy atom. The summed E-state index contributed by atoms with van der Waals surface area (Å²) in [5.74, 6) is -2.62. The molecule has 2 aromatic rings. The number of hydrogen-bond donors (Lipinski definition) is 4. The summed E-state index contributed by atoms with van der Waals surface area (Å²) in [6, 6.07) is 11.6. The summed E-state index contributed by atoms with van der Waals surface area (Å²) in [7, 11) is 2.10. The van der Waals surface area contributed by atoms with Crippen LogP contribution in [0.15, 0.2) is 60.9 Å². The van der Waals surface area contributed by atoms with Crippen molar-refractivity contribution in [2.75, 3.05) is 20.3 Å². The first-order chi connectivity index (χ1) is 14.3. The zero-order valence-electron chi connectivity index (χ0n) is 17.1. The fourth-order valence-corrected chi connectivity index (χ4v) is 2.40. The highest BCUT2D eigenvalue weighted by atomic mass is 16.4. The minimum Gasteiger partial charge on any atom is -0.507 e. The monoisotopic (exact) mass is 416 g/mol. The van der Waals surface area contributed by atoms with Crippen molar-refractivity contribution in [3.63, 3.8) is 0 Å². The molecule has 0 saturated carbocycles. The van der Waals surface area contributed by atoms with Crippen LogP contribution in [0.25, 0.3) is 0 Å². The lowest BCUT2D eigenvalue weighted by Gasteiger charge is -2.17. The highest BCUT2D eigenvalue weighted by molar-refractivity contribution is 5.91. The van der Waals surface area contributed by atoms with Crippen LogP contribution in [0, 0.1) is 0 Å². The Morgan fingerprint density at radius 3 is 1.63 bits per heavy atom. The number of carboxylic acid groups (broad SMARTS) is 2. The average molecular weight is 416 g/mol. The van der Waals surface area contributed by atoms with E-state index in [0.29, 0.717) is 0 Å². The molecule has 8 nitrogen and oxygen atoms in total. The van der Waals surface area contributed by atoms with Crippen LogP contribution in [-0.4, -0.2) is 62.4 Å². The number of carbonyl (C=O) groups is 2. The summed E-state index contributed by atoms with van der Waals surface area (Å²) in [6.45, 7) is 4.50. The fourth-order valence-electron chi connectivity index (χ4n) is 2.40. The van der Waals surface area contributed by atoms with Crippen molar-refractivity contribution in [1.82, 2.24) is 9.80 Å². The van der Waals surface area contributed by atoms with Crippen LogP contribution in [0.3, 0.4) is 0 Å². The van der Waals surface area contributed by atoms with Crippen LogP contribution in [0.5, 0.6) is 11.5 Å². The van der Waals surface area contributed by atoms with E-state index in [-0.39, 0.29) is 22.6 Å². The molecule has 0 aromatic heterocycles. The quantitative estimate of drug-likeness (QED) is 0.583. The van der Waals surface area contributed by atoms with Gasteiger partial charge >= 0.3 is 11.9 Å². The highest BCUT2D eigenvalue weighted by Crippen LogP contribution is 2.15. The number of carboxylic acids is 2. The van der Waals surface area contributed by atoms with E-state index < -0.39 is 11.9 Å². The van der Waals surface area contributed by atoms with Crippen molar-refractivity contribution < 1.29 is 30.0 Å². The van der Waals surface area contributed by atoms with Gasteiger partial charge in [-0.3, -0.25) is 0 Å². The number of para-hydroxylation sites is 2. The smallest absolute Gasteiger partial charge is 0.339 e. The van der Waals surface area contributed by atoms with Crippen LogP contribution >= 0.6 is 0 Å². The molecule has 0 saturated heterocycles. The molecule has 0 atom stereocenters. The van der Waals surface area contributed by atoms with Crippen LogP contribution < -0.4 is 0 Å². The van der Waals surface area contributed by atoms with Crippen LogP contribution in [0.2, 0.25) is 0 Å². The number of aromatic carboxylic acids is 2. The molecule has 0 fully saturated rings. The largest absolute Gasteiger partial charge is 0.507 e. The molecule has 3 rings (SSSR count). The zero-order valence-corrected chi connectivity index (χ0v) is 17.1. The molecule has 0 unspecified atom stereocenters. The molecular formula is C22H28N2O6. The molecule has 162 valence electrons. The maximum Gasteiger partial charge on any atom is 0.339 e. The Bertz CT molecular complexity index is 798. The molecule has 1 aliphatic rings. The Hall–Kier alpha value is -3.68. The van der Waals surface area contributed by atoms with Crippen molar-refractivity contribution in [3.8, 4) is 11.5 Å². The molecule has 0 aliphatic carbocycles. The van der Waals surface area contributed by atoms with Gasteiger partial charge in [0.05, 0.1) is 6.67 Å². The van der Waals surface area contributed by atoms with Gasteiger partial charge < -0.3 is 30.2 Å². The van der Waals surface area contributed by atoms with Gasteiger partial charge in [-0.2, -0.15) is 0 Å². The zero-order chi connectivity index (χ0) is 22.5. The van der Waals surface area contributed by atoms with E-state index in [0.717, 1.165) is 6.67 Å². The van der Waals surface area contributed by atoms with Crippen LogP contribution in [0.1, 0.15) is 40.5 Å². The number of rotatable bonds is 5. The van der Waals surface area contributed by atoms with E-state index in [1.54, 1.807) is 24.3 Å². The second kappa shape index (κ2) is 12.7. The molecule has 8 heteroatoms. The molecular weight excluding hydrogens is 388 g/mol. The standard InChI is InChI=1S/C8H16N2.2C7H6O3/c1-3-4-5-10-7-6-9(2)8-10;2*8-6-4-2-1-3-5(6)7(9)10/h6-7H,3-5,8H2,1-2H3;2*1-4,8H,(H,9,10). The topological polar surface area (TPSA) is 122 Å². The van der Waals surface area contributed by atoms with Crippen molar-refractivity contribution in [1.29, 1.82) is 0 Å². The SMILES string of the molecule is CCCCN1C=CN(C)C1.O=C(O)c1ccccc1O.O=C(O)c1ccccc1O. The first kappa shape index (κ1) is 24.4. The molecule has 2 aromatic carbocycles. The lowest BCUT2D eigenvalue weighted by molar-refractivity contribution is 0.0682. The second-order valence-corrected chi connectivity index (χ2v) is 6.51. The lowest BCUT2D eigenvalue weighted by atomic mass is 10.2. The molecule has 0 amide bonds. The third kappa shape index (κ3) is 8.55. The summed E-state index contributed by atoms with van der Waals surface area (Å²) in [4.78, 5) is 25.1. The number of benzene rings is 2. The molecule has 4 N–H and O–H groups in total. The Morgan fingerprint density at radius 1 is 0.867 bits per heavy atom. The Balaban J connectivity index is 0.000000225. The van der Waals surface area contributed by atoms with Gasteiger partial charge in [-0.25, -0.2) is 9.59 Å². The maximum atomic E-state index is 10.3. The van der Waals surface area contributed by atoms with E-state index in [1.807, 2.05) is 0 Å². The summed E-state index contributed by atoms with van der Waals surface area (Å²) < 4.78 is 0. The van der Waals surface area contributed by atoms with E-state index >= 15 is 0 Å². The summed E-state index contributed by atoms with van der Waals surface area (Å²) in [5.41, 5.74) is -0.134. The number of unbranched alkanes of at least 4 members (excludes halogenated alkanes) is 1. The first-order valence-electron chi connectivity index (χ1n) is 9.41. The Labute approximate surface area is 175 Å². The number of hydrogen-bond acceptors (Lipinski definition) is 6. The van der Waals surface area contributed by atoms with E-state index in [1.165, 1.54) is 43.7 Å². The third-order valence-corrected chi connectivity index (χ3v) is 4.00. The molecule has 0 bridgehead atoms. The summed E-state index contributed by atoms with van der Waals surface area (Å²) in [5, 5.41) is 34.6. The predicted molar refractivity (Wildman–Crippen MR) is 114 cm³/mol. The lowest BCUT2D eigenvalue weighted by Crippen LogP contribution is -2.23. The van der Waals surface area contributed by atoms with Crippen molar-refractivity contribution in [2.24, 2.45) is 0 Å². The molecule has 30 heavy (non-hydrogen) atoms. The van der Waals surface area contributed by atoms with E-state index in [9.17, 15) is 9.59 Å². The van der Waals surface area contributed by atoms with Gasteiger partial charge in [0.1, 0.15) is 22.6 Å². The number of aromatic hydroxyl groups is 2. The summed E-state index contributed by atoms with van der Waals surface area (Å²) in [6.07, 6.45) is 6.87. The molecule has 1 aliphatic heterocycles. The molecule has 0 radical (unpaired) electrons. The molecule has 0 spiro atoms. The normalized spacial score (nSPS) is 11.8. The fraction of sp³-hybridized carbons (Fsp3) is 0.273. The second-order valence-electron chi connectivity index (χ2n) is 6.51. The number of phenols is 2. The maximum absolute atomic E-state index is 10.3. The van der Waals surface area contributed by atoms with Gasteiger partial charge in [0.25, 0.3) is 0 Å². The third-order valence-electron chi connectivity index (χ3n) is 4.00. The van der Waals surface area contributed by atoms with Gasteiger partial charge in [-0.1, -0.05) is 37.6 Å². The van der Waals surface area contributed by atoms with Crippen molar-refractivity contribution in [2.45, 2.75) is 19.8 Å². The minimum absolute atomic E-state index is 0.0671. The Kier molecular flexibility index (Phi) is 10.3.